The molecule has 0 saturated carbocycles. The molecule has 1 aliphatic heterocycles. The summed E-state index contributed by atoms with van der Waals surface area (Å²) >= 11 is 3.49. The first-order valence-corrected chi connectivity index (χ1v) is 7.87. The van der Waals surface area contributed by atoms with Gasteiger partial charge in [0, 0.05) is 17.1 Å². The fourth-order valence-electron chi connectivity index (χ4n) is 2.91. The highest BCUT2D eigenvalue weighted by Crippen LogP contribution is 2.28. The van der Waals surface area contributed by atoms with Crippen molar-refractivity contribution in [2.24, 2.45) is 0 Å². The number of piperidine rings is 1. The van der Waals surface area contributed by atoms with Gasteiger partial charge in [0.05, 0.1) is 6.04 Å². The van der Waals surface area contributed by atoms with Gasteiger partial charge in [0.25, 0.3) is 0 Å². The van der Waals surface area contributed by atoms with Gasteiger partial charge < -0.3 is 0 Å². The van der Waals surface area contributed by atoms with E-state index in [0.29, 0.717) is 12.1 Å². The first-order valence-electron chi connectivity index (χ1n) is 7.07. The lowest BCUT2D eigenvalue weighted by atomic mass is 10.0. The van der Waals surface area contributed by atoms with Crippen LogP contribution in [0.2, 0.25) is 0 Å². The Hall–Kier alpha value is -1.20. The normalized spacial score (nSPS) is 21.8. The number of hydrogen-bond donors (Lipinski definition) is 0. The summed E-state index contributed by atoms with van der Waals surface area (Å²) in [5.41, 5.74) is 1.37. The molecule has 5 heteroatoms. The maximum absolute atomic E-state index is 4.29. The Morgan fingerprint density at radius 2 is 2.10 bits per heavy atom. The van der Waals surface area contributed by atoms with Crippen LogP contribution in [0.25, 0.3) is 0 Å². The van der Waals surface area contributed by atoms with Gasteiger partial charge in [0.15, 0.2) is 0 Å². The van der Waals surface area contributed by atoms with E-state index < -0.39 is 0 Å². The molecule has 2 atom stereocenters. The topological polar surface area (TPSA) is 34.0 Å². The number of aromatic nitrogens is 3. The van der Waals surface area contributed by atoms with Crippen molar-refractivity contribution in [3.05, 3.63) is 47.0 Å². The summed E-state index contributed by atoms with van der Waals surface area (Å²) in [6.07, 6.45) is 5.86. The smallest absolute Gasteiger partial charge is 0.137 e. The molecule has 1 aliphatic rings. The zero-order valence-corrected chi connectivity index (χ0v) is 13.2. The largest absolute Gasteiger partial charge is 0.294 e. The van der Waals surface area contributed by atoms with Crippen molar-refractivity contribution in [3.63, 3.8) is 0 Å². The molecular weight excluding hydrogens is 316 g/mol. The van der Waals surface area contributed by atoms with Crippen LogP contribution in [-0.4, -0.2) is 32.8 Å². The van der Waals surface area contributed by atoms with Gasteiger partial charge in [-0.25, -0.2) is 9.67 Å². The molecule has 1 aromatic heterocycles. The highest BCUT2D eigenvalue weighted by atomic mass is 79.9. The standard InChI is InChI=1S/C15H19BrN4/c1-12(13-4-6-14(16)7-5-13)19-8-2-3-15(9-19)20-11-17-10-18-20/h4-7,10-12,15H,2-3,8-9H2,1H3/t12-,15-/m1/s1. The van der Waals surface area contributed by atoms with E-state index in [0.717, 1.165) is 17.6 Å². The summed E-state index contributed by atoms with van der Waals surface area (Å²) < 4.78 is 3.13. The van der Waals surface area contributed by atoms with Crippen LogP contribution in [0.4, 0.5) is 0 Å². The summed E-state index contributed by atoms with van der Waals surface area (Å²) in [4.78, 5) is 6.60. The lowest BCUT2D eigenvalue weighted by Crippen LogP contribution is -2.38. The van der Waals surface area contributed by atoms with E-state index in [1.54, 1.807) is 6.33 Å². The summed E-state index contributed by atoms with van der Waals surface area (Å²) in [6.45, 7) is 4.48. The van der Waals surface area contributed by atoms with Gasteiger partial charge >= 0.3 is 0 Å². The molecule has 3 rings (SSSR count). The fourth-order valence-corrected chi connectivity index (χ4v) is 3.17. The Labute approximate surface area is 127 Å². The quantitative estimate of drug-likeness (QED) is 0.862. The number of rotatable bonds is 3. The molecule has 0 amide bonds. The average Bonchev–Trinajstić information content (AvgIpc) is 3.02. The molecule has 1 saturated heterocycles. The Morgan fingerprint density at radius 1 is 1.30 bits per heavy atom. The average molecular weight is 335 g/mol. The van der Waals surface area contributed by atoms with Crippen LogP contribution in [0, 0.1) is 0 Å². The van der Waals surface area contributed by atoms with E-state index in [9.17, 15) is 0 Å². The lowest BCUT2D eigenvalue weighted by Gasteiger charge is -2.36. The van der Waals surface area contributed by atoms with E-state index in [4.69, 9.17) is 0 Å². The highest BCUT2D eigenvalue weighted by molar-refractivity contribution is 9.10. The molecule has 4 nitrogen and oxygen atoms in total. The van der Waals surface area contributed by atoms with Crippen LogP contribution < -0.4 is 0 Å². The zero-order chi connectivity index (χ0) is 13.9. The lowest BCUT2D eigenvalue weighted by molar-refractivity contribution is 0.129. The van der Waals surface area contributed by atoms with Crippen molar-refractivity contribution < 1.29 is 0 Å². The molecule has 2 aromatic rings. The predicted molar refractivity (Wildman–Crippen MR) is 82.4 cm³/mol. The van der Waals surface area contributed by atoms with Crippen molar-refractivity contribution in [3.8, 4) is 0 Å². The molecule has 0 N–H and O–H groups in total. The van der Waals surface area contributed by atoms with Gasteiger partial charge in [-0.2, -0.15) is 5.10 Å². The molecular formula is C15H19BrN4. The summed E-state index contributed by atoms with van der Waals surface area (Å²) in [6, 6.07) is 9.52. The number of benzene rings is 1. The predicted octanol–water partition coefficient (Wildman–Crippen LogP) is 3.44. The highest BCUT2D eigenvalue weighted by Gasteiger charge is 2.25. The monoisotopic (exact) mass is 334 g/mol. The Balaban J connectivity index is 1.71. The van der Waals surface area contributed by atoms with Crippen LogP contribution >= 0.6 is 15.9 Å². The number of halogens is 1. The summed E-state index contributed by atoms with van der Waals surface area (Å²) in [5.74, 6) is 0. The minimum atomic E-state index is 0.439. The summed E-state index contributed by atoms with van der Waals surface area (Å²) in [7, 11) is 0. The number of hydrogen-bond acceptors (Lipinski definition) is 3. The van der Waals surface area contributed by atoms with Crippen molar-refractivity contribution in [1.82, 2.24) is 19.7 Å². The van der Waals surface area contributed by atoms with Gasteiger partial charge in [0.1, 0.15) is 12.7 Å². The Morgan fingerprint density at radius 3 is 2.80 bits per heavy atom. The van der Waals surface area contributed by atoms with Crippen molar-refractivity contribution in [2.75, 3.05) is 13.1 Å². The van der Waals surface area contributed by atoms with E-state index in [2.05, 4.69) is 62.1 Å². The minimum Gasteiger partial charge on any atom is -0.294 e. The van der Waals surface area contributed by atoms with E-state index in [-0.39, 0.29) is 0 Å². The second kappa shape index (κ2) is 6.06. The molecule has 0 spiro atoms. The van der Waals surface area contributed by atoms with Crippen molar-refractivity contribution >= 4 is 15.9 Å². The summed E-state index contributed by atoms with van der Waals surface area (Å²) in [5, 5.41) is 4.29. The molecule has 0 bridgehead atoms. The van der Waals surface area contributed by atoms with Gasteiger partial charge in [-0.3, -0.25) is 4.90 Å². The third-order valence-corrected chi connectivity index (χ3v) is 4.67. The van der Waals surface area contributed by atoms with Crippen LogP contribution in [0.15, 0.2) is 41.4 Å². The van der Waals surface area contributed by atoms with Gasteiger partial charge in [-0.05, 0) is 44.0 Å². The first kappa shape index (κ1) is 13.8. The molecule has 0 unspecified atom stereocenters. The molecule has 0 aliphatic carbocycles. The van der Waals surface area contributed by atoms with Gasteiger partial charge in [-0.15, -0.1) is 0 Å². The maximum Gasteiger partial charge on any atom is 0.137 e. The SMILES string of the molecule is C[C@H](c1ccc(Br)cc1)N1CCC[C@@H](n2cncn2)C1. The van der Waals surface area contributed by atoms with E-state index in [1.807, 2.05) is 11.0 Å². The number of likely N-dealkylation sites (tertiary alicyclic amines) is 1. The van der Waals surface area contributed by atoms with Gasteiger partial charge in [-0.1, -0.05) is 28.1 Å². The van der Waals surface area contributed by atoms with E-state index in [1.165, 1.54) is 18.4 Å². The molecule has 106 valence electrons. The maximum atomic E-state index is 4.29. The third-order valence-electron chi connectivity index (χ3n) is 4.14. The second-order valence-corrected chi connectivity index (χ2v) is 6.31. The number of nitrogens with zero attached hydrogens (tertiary/aromatic N) is 4. The third kappa shape index (κ3) is 2.94. The Kier molecular flexibility index (Phi) is 4.17. The molecule has 2 heterocycles. The van der Waals surface area contributed by atoms with Crippen LogP contribution in [0.1, 0.15) is 37.4 Å². The molecule has 1 fully saturated rings. The van der Waals surface area contributed by atoms with Crippen LogP contribution in [-0.2, 0) is 0 Å². The van der Waals surface area contributed by atoms with Crippen molar-refractivity contribution in [1.29, 1.82) is 0 Å². The van der Waals surface area contributed by atoms with Crippen LogP contribution in [0.3, 0.4) is 0 Å². The zero-order valence-electron chi connectivity index (χ0n) is 11.6. The van der Waals surface area contributed by atoms with E-state index >= 15 is 0 Å². The van der Waals surface area contributed by atoms with Crippen molar-refractivity contribution in [2.45, 2.75) is 31.8 Å². The second-order valence-electron chi connectivity index (χ2n) is 5.39. The molecule has 1 aromatic carbocycles. The minimum absolute atomic E-state index is 0.439. The molecule has 0 radical (unpaired) electrons. The fraction of sp³-hybridized carbons (Fsp3) is 0.467. The van der Waals surface area contributed by atoms with Gasteiger partial charge in [0.2, 0.25) is 0 Å². The molecule has 20 heavy (non-hydrogen) atoms. The first-order chi connectivity index (χ1) is 9.74. The van der Waals surface area contributed by atoms with Crippen LogP contribution in [0.5, 0.6) is 0 Å². The Bertz CT molecular complexity index is 538.